The van der Waals surface area contributed by atoms with Gasteiger partial charge in [-0.2, -0.15) is 4.31 Å². The molecule has 1 aromatic carbocycles. The van der Waals surface area contributed by atoms with Crippen molar-refractivity contribution in [2.45, 2.75) is 24.2 Å². The summed E-state index contributed by atoms with van der Waals surface area (Å²) in [6, 6.07) is 6.64. The molecule has 0 unspecified atom stereocenters. The van der Waals surface area contributed by atoms with Crippen molar-refractivity contribution in [1.29, 1.82) is 0 Å². The van der Waals surface area contributed by atoms with Crippen LogP contribution in [0.2, 0.25) is 5.02 Å². The molecule has 0 radical (unpaired) electrons. The van der Waals surface area contributed by atoms with Gasteiger partial charge in [0, 0.05) is 13.1 Å². The molecular weight excluding hydrogens is 331 g/mol. The average molecular weight is 353 g/mol. The van der Waals surface area contributed by atoms with E-state index in [1.807, 2.05) is 7.05 Å². The highest BCUT2D eigenvalue weighted by molar-refractivity contribution is 7.89. The molecule has 0 bridgehead atoms. The number of sulfonamides is 1. The molecule has 1 aliphatic rings. The average Bonchev–Trinajstić information content (AvgIpc) is 2.46. The fourth-order valence-electron chi connectivity index (χ4n) is 2.58. The Morgan fingerprint density at radius 1 is 1.29 bits per heavy atom. The highest BCUT2D eigenvalue weighted by Crippen LogP contribution is 2.28. The van der Waals surface area contributed by atoms with Crippen LogP contribution in [-0.4, -0.2) is 39.4 Å². The summed E-state index contributed by atoms with van der Waals surface area (Å²) >= 11 is 6.01. The monoisotopic (exact) mass is 352 g/mol. The van der Waals surface area contributed by atoms with Crippen LogP contribution in [0.1, 0.15) is 19.3 Å². The highest BCUT2D eigenvalue weighted by Gasteiger charge is 2.30. The topological polar surface area (TPSA) is 49.4 Å². The molecule has 1 aromatic rings. The van der Waals surface area contributed by atoms with E-state index in [-0.39, 0.29) is 17.3 Å². The molecule has 0 spiro atoms. The first-order valence-electron chi connectivity index (χ1n) is 6.95. The molecule has 1 aliphatic heterocycles. The van der Waals surface area contributed by atoms with Crippen LogP contribution in [0.4, 0.5) is 0 Å². The quantitative estimate of drug-likeness (QED) is 0.886. The number of hydrogen-bond acceptors (Lipinski definition) is 3. The summed E-state index contributed by atoms with van der Waals surface area (Å²) in [6.07, 6.45) is 2.95. The van der Waals surface area contributed by atoms with E-state index in [2.05, 4.69) is 5.32 Å². The third-order valence-electron chi connectivity index (χ3n) is 3.83. The van der Waals surface area contributed by atoms with E-state index < -0.39 is 10.0 Å². The molecule has 21 heavy (non-hydrogen) atoms. The second-order valence-corrected chi connectivity index (χ2v) is 7.48. The van der Waals surface area contributed by atoms with Crippen LogP contribution in [0.3, 0.4) is 0 Å². The number of piperidine rings is 1. The second kappa shape index (κ2) is 8.34. The van der Waals surface area contributed by atoms with Gasteiger partial charge < -0.3 is 5.32 Å². The Morgan fingerprint density at radius 2 is 1.90 bits per heavy atom. The third-order valence-corrected chi connectivity index (χ3v) is 6.23. The van der Waals surface area contributed by atoms with Gasteiger partial charge in [-0.25, -0.2) is 8.42 Å². The molecule has 0 atom stereocenters. The molecule has 1 saturated heterocycles. The Hall–Kier alpha value is -0.330. The second-order valence-electron chi connectivity index (χ2n) is 5.17. The molecule has 2 rings (SSSR count). The van der Waals surface area contributed by atoms with Crippen LogP contribution in [0.15, 0.2) is 29.2 Å². The smallest absolute Gasteiger partial charge is 0.244 e. The maximum atomic E-state index is 12.6. The predicted octanol–water partition coefficient (Wildman–Crippen LogP) is 2.77. The maximum Gasteiger partial charge on any atom is 0.244 e. The van der Waals surface area contributed by atoms with Crippen molar-refractivity contribution in [3.8, 4) is 0 Å². The minimum absolute atomic E-state index is 0. The van der Waals surface area contributed by atoms with Crippen LogP contribution < -0.4 is 5.32 Å². The van der Waals surface area contributed by atoms with Crippen LogP contribution in [-0.2, 0) is 10.0 Å². The van der Waals surface area contributed by atoms with Crippen molar-refractivity contribution in [1.82, 2.24) is 9.62 Å². The van der Waals surface area contributed by atoms with Gasteiger partial charge in [0.05, 0.1) is 5.02 Å². The number of rotatable bonds is 5. The fourth-order valence-corrected chi connectivity index (χ4v) is 4.54. The van der Waals surface area contributed by atoms with E-state index in [0.717, 1.165) is 25.8 Å². The fraction of sp³-hybridized carbons (Fsp3) is 0.571. The predicted molar refractivity (Wildman–Crippen MR) is 88.7 cm³/mol. The zero-order valence-corrected chi connectivity index (χ0v) is 14.5. The molecule has 4 nitrogen and oxygen atoms in total. The first-order valence-corrected chi connectivity index (χ1v) is 8.77. The Kier molecular flexibility index (Phi) is 7.44. The first-order chi connectivity index (χ1) is 9.55. The van der Waals surface area contributed by atoms with E-state index in [1.165, 1.54) is 0 Å². The molecule has 0 aliphatic carbocycles. The van der Waals surface area contributed by atoms with Crippen molar-refractivity contribution in [2.75, 3.05) is 26.7 Å². The van der Waals surface area contributed by atoms with Crippen molar-refractivity contribution in [3.05, 3.63) is 29.3 Å². The Labute approximate surface area is 138 Å². The van der Waals surface area contributed by atoms with Crippen molar-refractivity contribution in [3.63, 3.8) is 0 Å². The number of hydrogen-bond donors (Lipinski definition) is 1. The molecule has 1 fully saturated rings. The number of halogens is 2. The van der Waals surface area contributed by atoms with E-state index >= 15 is 0 Å². The van der Waals surface area contributed by atoms with Gasteiger partial charge in [0.15, 0.2) is 0 Å². The van der Waals surface area contributed by atoms with Gasteiger partial charge in [-0.05, 0) is 50.9 Å². The van der Waals surface area contributed by atoms with Gasteiger partial charge in [0.2, 0.25) is 10.0 Å². The summed E-state index contributed by atoms with van der Waals surface area (Å²) < 4.78 is 26.7. The third kappa shape index (κ3) is 4.57. The van der Waals surface area contributed by atoms with Crippen LogP contribution in [0.5, 0.6) is 0 Å². The van der Waals surface area contributed by atoms with Crippen LogP contribution in [0.25, 0.3) is 0 Å². The maximum absolute atomic E-state index is 12.6. The lowest BCUT2D eigenvalue weighted by molar-refractivity contribution is 0.263. The zero-order chi connectivity index (χ0) is 14.6. The lowest BCUT2D eigenvalue weighted by Crippen LogP contribution is -2.39. The summed E-state index contributed by atoms with van der Waals surface area (Å²) in [4.78, 5) is 0.218. The Morgan fingerprint density at radius 3 is 2.48 bits per heavy atom. The van der Waals surface area contributed by atoms with Crippen molar-refractivity contribution >= 4 is 34.0 Å². The van der Waals surface area contributed by atoms with Gasteiger partial charge >= 0.3 is 0 Å². The van der Waals surface area contributed by atoms with Crippen LogP contribution >= 0.6 is 24.0 Å². The lowest BCUT2D eigenvalue weighted by Gasteiger charge is -2.31. The molecule has 0 saturated carbocycles. The molecule has 1 heterocycles. The van der Waals surface area contributed by atoms with E-state index in [1.54, 1.807) is 28.6 Å². The lowest BCUT2D eigenvalue weighted by atomic mass is 9.95. The molecular formula is C14H22Cl2N2O2S. The van der Waals surface area contributed by atoms with E-state index in [0.29, 0.717) is 24.0 Å². The molecule has 120 valence electrons. The summed E-state index contributed by atoms with van der Waals surface area (Å²) in [7, 11) is -1.51. The van der Waals surface area contributed by atoms with Gasteiger partial charge in [-0.1, -0.05) is 23.7 Å². The van der Waals surface area contributed by atoms with Gasteiger partial charge in [0.25, 0.3) is 0 Å². The molecule has 0 amide bonds. The van der Waals surface area contributed by atoms with Crippen LogP contribution in [0, 0.1) is 5.92 Å². The Balaban J connectivity index is 0.00000220. The van der Waals surface area contributed by atoms with Gasteiger partial charge in [-0.15, -0.1) is 12.4 Å². The Bertz CT molecular complexity index is 544. The summed E-state index contributed by atoms with van der Waals surface area (Å²) in [5.41, 5.74) is 0. The van der Waals surface area contributed by atoms with Crippen molar-refractivity contribution < 1.29 is 8.42 Å². The highest BCUT2D eigenvalue weighted by atomic mass is 35.5. The number of benzene rings is 1. The summed E-state index contributed by atoms with van der Waals surface area (Å²) in [6.45, 7) is 2.16. The van der Waals surface area contributed by atoms with Crippen molar-refractivity contribution in [2.24, 2.45) is 5.92 Å². The summed E-state index contributed by atoms with van der Waals surface area (Å²) in [5.74, 6) is 0.611. The van der Waals surface area contributed by atoms with Gasteiger partial charge in [-0.3, -0.25) is 0 Å². The van der Waals surface area contributed by atoms with E-state index in [4.69, 9.17) is 11.6 Å². The minimum Gasteiger partial charge on any atom is -0.320 e. The van der Waals surface area contributed by atoms with E-state index in [9.17, 15) is 8.42 Å². The summed E-state index contributed by atoms with van der Waals surface area (Å²) in [5, 5.41) is 3.44. The standard InChI is InChI=1S/C14H21ClN2O2S.ClH/c1-16-9-6-12-7-10-17(11-8-12)20(18,19)14-5-3-2-4-13(14)15;/h2-5,12,16H,6-11H2,1H3;1H. The molecule has 1 N–H and O–H groups in total. The largest absolute Gasteiger partial charge is 0.320 e. The van der Waals surface area contributed by atoms with Gasteiger partial charge in [0.1, 0.15) is 4.90 Å². The minimum atomic E-state index is -3.45. The first kappa shape index (κ1) is 18.7. The number of nitrogens with zero attached hydrogens (tertiary/aromatic N) is 1. The number of nitrogens with one attached hydrogen (secondary N) is 1. The SMILES string of the molecule is CNCCC1CCN(S(=O)(=O)c2ccccc2Cl)CC1.Cl. The normalized spacial score (nSPS) is 17.4. The molecule has 0 aromatic heterocycles. The molecule has 7 heteroatoms. The zero-order valence-electron chi connectivity index (χ0n) is 12.1.